The molecule has 0 aromatic heterocycles. The molecule has 0 atom stereocenters. The van der Waals surface area contributed by atoms with Gasteiger partial charge in [0.1, 0.15) is 5.75 Å². The van der Waals surface area contributed by atoms with Gasteiger partial charge in [-0.3, -0.25) is 4.79 Å². The van der Waals surface area contributed by atoms with Gasteiger partial charge in [0.2, 0.25) is 5.91 Å². The number of amides is 1. The van der Waals surface area contributed by atoms with Gasteiger partial charge in [-0.1, -0.05) is 0 Å². The summed E-state index contributed by atoms with van der Waals surface area (Å²) in [5.41, 5.74) is 6.86. The maximum atomic E-state index is 10.7. The number of rotatable bonds is 5. The number of ether oxygens (including phenoxy) is 1. The van der Waals surface area contributed by atoms with E-state index >= 15 is 0 Å². The highest BCUT2D eigenvalue weighted by Gasteiger charge is 2.06. The number of benzene rings is 1. The van der Waals surface area contributed by atoms with Gasteiger partial charge in [-0.2, -0.15) is 0 Å². The van der Waals surface area contributed by atoms with Gasteiger partial charge in [-0.05, 0) is 19.1 Å². The molecule has 0 aliphatic carbocycles. The molecule has 1 aromatic rings. The van der Waals surface area contributed by atoms with E-state index in [1.54, 1.807) is 32.2 Å². The third-order valence-electron chi connectivity index (χ3n) is 2.08. The van der Waals surface area contributed by atoms with E-state index < -0.39 is 5.91 Å². The molecule has 1 amide bonds. The van der Waals surface area contributed by atoms with E-state index in [9.17, 15) is 4.79 Å². The first kappa shape index (κ1) is 12.0. The fourth-order valence-corrected chi connectivity index (χ4v) is 1.31. The molecule has 4 N–H and O–H groups in total. The van der Waals surface area contributed by atoms with Crippen molar-refractivity contribution in [3.8, 4) is 5.75 Å². The molecule has 0 saturated heterocycles. The molecule has 16 heavy (non-hydrogen) atoms. The van der Waals surface area contributed by atoms with Crippen LogP contribution in [-0.2, 0) is 4.79 Å². The number of hydrogen-bond acceptors (Lipinski definition) is 4. The molecular formula is C11H15N3O2. The van der Waals surface area contributed by atoms with Crippen LogP contribution in [-0.4, -0.2) is 25.3 Å². The Morgan fingerprint density at radius 1 is 1.56 bits per heavy atom. The van der Waals surface area contributed by atoms with Crippen LogP contribution in [0.25, 0.3) is 0 Å². The van der Waals surface area contributed by atoms with Crippen LogP contribution in [0.4, 0.5) is 5.69 Å². The Morgan fingerprint density at radius 2 is 2.25 bits per heavy atom. The van der Waals surface area contributed by atoms with Crippen molar-refractivity contribution in [2.24, 2.45) is 5.73 Å². The van der Waals surface area contributed by atoms with E-state index in [1.165, 1.54) is 0 Å². The van der Waals surface area contributed by atoms with Gasteiger partial charge in [-0.25, -0.2) is 0 Å². The van der Waals surface area contributed by atoms with Crippen LogP contribution in [0.5, 0.6) is 5.75 Å². The second-order valence-electron chi connectivity index (χ2n) is 3.36. The summed E-state index contributed by atoms with van der Waals surface area (Å²) >= 11 is 0. The summed E-state index contributed by atoms with van der Waals surface area (Å²) in [6, 6.07) is 5.27. The predicted molar refractivity (Wildman–Crippen MR) is 63.2 cm³/mol. The van der Waals surface area contributed by atoms with Gasteiger partial charge in [-0.15, -0.1) is 0 Å². The molecule has 1 aromatic carbocycles. The lowest BCUT2D eigenvalue weighted by molar-refractivity contribution is -0.116. The number of nitrogens with one attached hydrogen (secondary N) is 2. The average molecular weight is 221 g/mol. The number of nitrogens with two attached hydrogens (primary N) is 1. The number of carbonyl (C=O) groups is 1. The minimum Gasteiger partial charge on any atom is -0.497 e. The van der Waals surface area contributed by atoms with Crippen molar-refractivity contribution in [3.63, 3.8) is 0 Å². The molecule has 0 radical (unpaired) electrons. The number of methoxy groups -OCH3 is 1. The van der Waals surface area contributed by atoms with Crippen molar-refractivity contribution < 1.29 is 9.53 Å². The Kier molecular flexibility index (Phi) is 3.88. The van der Waals surface area contributed by atoms with Crippen LogP contribution in [0, 0.1) is 5.41 Å². The van der Waals surface area contributed by atoms with Gasteiger partial charge < -0.3 is 21.2 Å². The average Bonchev–Trinajstić information content (AvgIpc) is 2.25. The summed E-state index contributed by atoms with van der Waals surface area (Å²) in [5, 5.41) is 10.5. The molecule has 0 aliphatic heterocycles. The monoisotopic (exact) mass is 221 g/mol. The molecule has 1 rings (SSSR count). The summed E-state index contributed by atoms with van der Waals surface area (Å²) in [4.78, 5) is 10.7. The lowest BCUT2D eigenvalue weighted by Gasteiger charge is -2.11. The molecular weight excluding hydrogens is 206 g/mol. The Bertz CT molecular complexity index is 416. The van der Waals surface area contributed by atoms with E-state index in [-0.39, 0.29) is 6.54 Å². The highest BCUT2D eigenvalue weighted by Crippen LogP contribution is 2.22. The molecule has 5 nitrogen and oxygen atoms in total. The molecule has 5 heteroatoms. The Labute approximate surface area is 94.1 Å². The molecule has 0 unspecified atom stereocenters. The van der Waals surface area contributed by atoms with Crippen LogP contribution >= 0.6 is 0 Å². The second kappa shape index (κ2) is 5.16. The van der Waals surface area contributed by atoms with Crippen molar-refractivity contribution >= 4 is 17.3 Å². The van der Waals surface area contributed by atoms with Crippen molar-refractivity contribution in [1.29, 1.82) is 5.41 Å². The largest absolute Gasteiger partial charge is 0.497 e. The highest BCUT2D eigenvalue weighted by atomic mass is 16.5. The van der Waals surface area contributed by atoms with Crippen LogP contribution in [0.2, 0.25) is 0 Å². The van der Waals surface area contributed by atoms with Crippen LogP contribution in [0.3, 0.4) is 0 Å². The number of hydrogen-bond donors (Lipinski definition) is 3. The first-order valence-corrected chi connectivity index (χ1v) is 4.80. The first-order chi connectivity index (χ1) is 7.54. The van der Waals surface area contributed by atoms with E-state index in [2.05, 4.69) is 5.32 Å². The van der Waals surface area contributed by atoms with Gasteiger partial charge in [0.25, 0.3) is 0 Å². The fraction of sp³-hybridized carbons (Fsp3) is 0.273. The van der Waals surface area contributed by atoms with Gasteiger partial charge in [0.15, 0.2) is 0 Å². The number of anilines is 1. The van der Waals surface area contributed by atoms with Crippen molar-refractivity contribution in [2.75, 3.05) is 19.0 Å². The summed E-state index contributed by atoms with van der Waals surface area (Å²) in [7, 11) is 1.56. The third kappa shape index (κ3) is 2.98. The number of carbonyl (C=O) groups excluding carboxylic acids is 1. The minimum absolute atomic E-state index is 0.0352. The van der Waals surface area contributed by atoms with E-state index in [4.69, 9.17) is 15.9 Å². The summed E-state index contributed by atoms with van der Waals surface area (Å²) < 4.78 is 5.07. The molecule has 0 aliphatic rings. The van der Waals surface area contributed by atoms with Gasteiger partial charge >= 0.3 is 0 Å². The Morgan fingerprint density at radius 3 is 2.75 bits per heavy atom. The molecule has 0 spiro atoms. The van der Waals surface area contributed by atoms with Gasteiger partial charge in [0.05, 0.1) is 13.7 Å². The maximum absolute atomic E-state index is 10.7. The Hall–Kier alpha value is -2.04. The number of primary amides is 1. The van der Waals surface area contributed by atoms with Crippen molar-refractivity contribution in [1.82, 2.24) is 0 Å². The van der Waals surface area contributed by atoms with Crippen molar-refractivity contribution in [2.45, 2.75) is 6.92 Å². The second-order valence-corrected chi connectivity index (χ2v) is 3.36. The highest BCUT2D eigenvalue weighted by molar-refractivity contribution is 6.02. The topological polar surface area (TPSA) is 88.2 Å². The predicted octanol–water partition coefficient (Wildman–Crippen LogP) is 0.980. The quantitative estimate of drug-likeness (QED) is 0.647. The first-order valence-electron chi connectivity index (χ1n) is 4.80. The zero-order valence-corrected chi connectivity index (χ0v) is 9.33. The Balaban J connectivity index is 3.00. The third-order valence-corrected chi connectivity index (χ3v) is 2.08. The maximum Gasteiger partial charge on any atom is 0.236 e. The normalized spacial score (nSPS) is 9.62. The molecule has 0 fully saturated rings. The summed E-state index contributed by atoms with van der Waals surface area (Å²) in [6.45, 7) is 1.71. The molecule has 0 saturated carbocycles. The smallest absolute Gasteiger partial charge is 0.236 e. The van der Waals surface area contributed by atoms with E-state index in [1.807, 2.05) is 0 Å². The summed E-state index contributed by atoms with van der Waals surface area (Å²) in [5.74, 6) is 0.216. The zero-order chi connectivity index (χ0) is 12.1. The molecule has 0 heterocycles. The SMILES string of the molecule is COc1ccc(C(C)=N)c(NCC(N)=O)c1. The molecule has 0 bridgehead atoms. The van der Waals surface area contributed by atoms with Crippen LogP contribution in [0.1, 0.15) is 12.5 Å². The molecule has 86 valence electrons. The minimum atomic E-state index is -0.448. The van der Waals surface area contributed by atoms with Gasteiger partial charge in [0, 0.05) is 23.0 Å². The van der Waals surface area contributed by atoms with Crippen LogP contribution < -0.4 is 15.8 Å². The standard InChI is InChI=1S/C11H15N3O2/c1-7(12)9-4-3-8(16-2)5-10(9)14-6-11(13)15/h3-5,12,14H,6H2,1-2H3,(H2,13,15). The van der Waals surface area contributed by atoms with E-state index in [0.29, 0.717) is 17.1 Å². The summed E-state index contributed by atoms with van der Waals surface area (Å²) in [6.07, 6.45) is 0. The zero-order valence-electron chi connectivity index (χ0n) is 9.33. The van der Waals surface area contributed by atoms with Crippen molar-refractivity contribution in [3.05, 3.63) is 23.8 Å². The van der Waals surface area contributed by atoms with Crippen LogP contribution in [0.15, 0.2) is 18.2 Å². The lowest BCUT2D eigenvalue weighted by Crippen LogP contribution is -2.22. The van der Waals surface area contributed by atoms with E-state index in [0.717, 1.165) is 5.56 Å². The lowest BCUT2D eigenvalue weighted by atomic mass is 10.1. The fourth-order valence-electron chi connectivity index (χ4n) is 1.31.